The number of hydrogen-bond acceptors (Lipinski definition) is 5. The number of carbonyl (C=O) groups excluding carboxylic acids is 1. The van der Waals surface area contributed by atoms with Gasteiger partial charge in [-0.25, -0.2) is 9.58 Å². The number of amidine groups is 1. The Morgan fingerprint density at radius 1 is 1.13 bits per heavy atom. The number of para-hydroxylation sites is 1. The number of halogens is 1. The van der Waals surface area contributed by atoms with Gasteiger partial charge >= 0.3 is 0 Å². The van der Waals surface area contributed by atoms with Crippen molar-refractivity contribution in [1.29, 1.82) is 5.41 Å². The molecule has 4 rings (SSSR count). The summed E-state index contributed by atoms with van der Waals surface area (Å²) in [6, 6.07) is 14.0. The lowest BCUT2D eigenvalue weighted by Gasteiger charge is -2.12. The van der Waals surface area contributed by atoms with Gasteiger partial charge in [-0.1, -0.05) is 34.1 Å². The number of nitrogens with zero attached hydrogens (tertiary/aromatic N) is 3. The largest absolute Gasteiger partial charge is 0.507 e. The number of carbonyl (C=O) groups is 1. The molecule has 0 atom stereocenters. The van der Waals surface area contributed by atoms with E-state index in [0.717, 1.165) is 21.1 Å². The molecule has 1 saturated heterocycles. The normalized spacial score (nSPS) is 15.4. The Morgan fingerprint density at radius 3 is 2.53 bits per heavy atom. The van der Waals surface area contributed by atoms with Gasteiger partial charge in [-0.2, -0.15) is 0 Å². The predicted octanol–water partition coefficient (Wildman–Crippen LogP) is 4.01. The summed E-state index contributed by atoms with van der Waals surface area (Å²) in [6.07, 6.45) is 1.52. The summed E-state index contributed by atoms with van der Waals surface area (Å²) >= 11 is 4.29. The maximum absolute atomic E-state index is 13.2. The third kappa shape index (κ3) is 3.29. The SMILES string of the molecule is Cc1c(N2C(=N)S/C(=C\c3cc(Br)ccc3O)C2=O)c(=O)n(-c2ccccc2)n1C. The van der Waals surface area contributed by atoms with E-state index in [1.807, 2.05) is 18.2 Å². The zero-order valence-corrected chi connectivity index (χ0v) is 18.5. The van der Waals surface area contributed by atoms with Gasteiger partial charge in [-0.15, -0.1) is 0 Å². The fraction of sp³-hybridized carbons (Fsp3) is 0.0952. The molecule has 1 aliphatic heterocycles. The molecule has 0 spiro atoms. The zero-order chi connectivity index (χ0) is 21.6. The van der Waals surface area contributed by atoms with E-state index in [9.17, 15) is 14.7 Å². The topological polar surface area (TPSA) is 91.3 Å². The highest BCUT2D eigenvalue weighted by atomic mass is 79.9. The molecule has 2 heterocycles. The fourth-order valence-corrected chi connectivity index (χ4v) is 4.50. The van der Waals surface area contributed by atoms with Gasteiger partial charge in [0, 0.05) is 17.1 Å². The van der Waals surface area contributed by atoms with Crippen LogP contribution < -0.4 is 10.5 Å². The van der Waals surface area contributed by atoms with Crippen LogP contribution in [-0.4, -0.2) is 25.5 Å². The molecule has 2 aromatic carbocycles. The van der Waals surface area contributed by atoms with E-state index in [0.29, 0.717) is 16.9 Å². The van der Waals surface area contributed by atoms with E-state index in [2.05, 4.69) is 15.9 Å². The third-order valence-electron chi connectivity index (χ3n) is 4.85. The van der Waals surface area contributed by atoms with Crippen molar-refractivity contribution in [3.8, 4) is 11.4 Å². The molecule has 9 heteroatoms. The molecule has 152 valence electrons. The molecule has 7 nitrogen and oxygen atoms in total. The summed E-state index contributed by atoms with van der Waals surface area (Å²) in [5.74, 6) is -0.457. The highest BCUT2D eigenvalue weighted by Crippen LogP contribution is 2.37. The van der Waals surface area contributed by atoms with Crippen LogP contribution in [0.2, 0.25) is 0 Å². The molecule has 0 saturated carbocycles. The predicted molar refractivity (Wildman–Crippen MR) is 122 cm³/mol. The van der Waals surface area contributed by atoms with Gasteiger partial charge in [0.1, 0.15) is 11.4 Å². The maximum Gasteiger partial charge on any atom is 0.296 e. The van der Waals surface area contributed by atoms with Crippen molar-refractivity contribution in [2.24, 2.45) is 7.05 Å². The van der Waals surface area contributed by atoms with E-state index >= 15 is 0 Å². The lowest BCUT2D eigenvalue weighted by atomic mass is 10.2. The number of aromatic hydroxyl groups is 1. The quantitative estimate of drug-likeness (QED) is 0.549. The van der Waals surface area contributed by atoms with Crippen molar-refractivity contribution < 1.29 is 9.90 Å². The molecule has 3 aromatic rings. The van der Waals surface area contributed by atoms with Gasteiger partial charge in [-0.05, 0) is 55.1 Å². The molecule has 30 heavy (non-hydrogen) atoms. The lowest BCUT2D eigenvalue weighted by Crippen LogP contribution is -2.33. The Balaban J connectivity index is 1.80. The summed E-state index contributed by atoms with van der Waals surface area (Å²) in [5, 5.41) is 18.4. The lowest BCUT2D eigenvalue weighted by molar-refractivity contribution is -0.113. The minimum Gasteiger partial charge on any atom is -0.507 e. The van der Waals surface area contributed by atoms with Gasteiger partial charge in [0.2, 0.25) is 0 Å². The average molecular weight is 485 g/mol. The molecule has 1 aliphatic rings. The number of thioether (sulfide) groups is 1. The molecule has 0 aliphatic carbocycles. The summed E-state index contributed by atoms with van der Waals surface area (Å²) < 4.78 is 3.89. The number of amides is 1. The first-order chi connectivity index (χ1) is 14.3. The van der Waals surface area contributed by atoms with Gasteiger partial charge in [0.05, 0.1) is 16.3 Å². The number of phenolic OH excluding ortho intramolecular Hbond substituents is 1. The minimum atomic E-state index is -0.476. The maximum atomic E-state index is 13.2. The van der Waals surface area contributed by atoms with Crippen LogP contribution >= 0.6 is 27.7 Å². The van der Waals surface area contributed by atoms with Crippen LogP contribution in [0.25, 0.3) is 11.8 Å². The van der Waals surface area contributed by atoms with E-state index in [4.69, 9.17) is 5.41 Å². The van der Waals surface area contributed by atoms with E-state index in [1.54, 1.807) is 42.9 Å². The molecule has 0 bridgehead atoms. The summed E-state index contributed by atoms with van der Waals surface area (Å²) in [7, 11) is 1.74. The van der Waals surface area contributed by atoms with Crippen LogP contribution in [0.4, 0.5) is 5.69 Å². The Kier molecular flexibility index (Phi) is 5.17. The number of anilines is 1. The molecule has 1 amide bonds. The highest BCUT2D eigenvalue weighted by molar-refractivity contribution is 9.10. The number of hydrogen-bond donors (Lipinski definition) is 2. The van der Waals surface area contributed by atoms with Crippen LogP contribution in [0.1, 0.15) is 11.3 Å². The highest BCUT2D eigenvalue weighted by Gasteiger charge is 2.38. The summed E-state index contributed by atoms with van der Waals surface area (Å²) in [5.41, 5.74) is 1.44. The first-order valence-corrected chi connectivity index (χ1v) is 10.6. The van der Waals surface area contributed by atoms with Crippen molar-refractivity contribution in [3.63, 3.8) is 0 Å². The minimum absolute atomic E-state index is 0.0198. The van der Waals surface area contributed by atoms with E-state index < -0.39 is 5.91 Å². The van der Waals surface area contributed by atoms with Crippen molar-refractivity contribution in [2.45, 2.75) is 6.92 Å². The van der Waals surface area contributed by atoms with E-state index in [1.165, 1.54) is 16.8 Å². The van der Waals surface area contributed by atoms with Crippen LogP contribution in [0.15, 0.2) is 62.7 Å². The molecule has 1 fully saturated rings. The number of phenols is 1. The van der Waals surface area contributed by atoms with Crippen LogP contribution in [-0.2, 0) is 11.8 Å². The second kappa shape index (κ2) is 7.66. The van der Waals surface area contributed by atoms with Gasteiger partial charge in [-0.3, -0.25) is 19.7 Å². The van der Waals surface area contributed by atoms with Gasteiger partial charge in [0.25, 0.3) is 11.5 Å². The zero-order valence-electron chi connectivity index (χ0n) is 16.1. The van der Waals surface area contributed by atoms with E-state index in [-0.39, 0.29) is 27.1 Å². The van der Waals surface area contributed by atoms with Crippen molar-refractivity contribution in [3.05, 3.63) is 79.5 Å². The molecule has 1 aromatic heterocycles. The van der Waals surface area contributed by atoms with Crippen LogP contribution in [0, 0.1) is 12.3 Å². The average Bonchev–Trinajstić information content (AvgIpc) is 3.11. The number of aromatic nitrogens is 2. The second-order valence-corrected chi connectivity index (χ2v) is 8.62. The molecular weight excluding hydrogens is 468 g/mol. The number of benzene rings is 2. The first kappa shape index (κ1) is 20.2. The number of nitrogens with one attached hydrogen (secondary N) is 1. The van der Waals surface area contributed by atoms with Crippen LogP contribution in [0.5, 0.6) is 5.75 Å². The van der Waals surface area contributed by atoms with Crippen molar-refractivity contribution >= 4 is 50.5 Å². The number of rotatable bonds is 3. The van der Waals surface area contributed by atoms with Crippen LogP contribution in [0.3, 0.4) is 0 Å². The smallest absolute Gasteiger partial charge is 0.296 e. The summed E-state index contributed by atoms with van der Waals surface area (Å²) in [4.78, 5) is 27.7. The summed E-state index contributed by atoms with van der Waals surface area (Å²) in [6.45, 7) is 1.74. The van der Waals surface area contributed by atoms with Crippen molar-refractivity contribution in [2.75, 3.05) is 4.90 Å². The standard InChI is InChI=1S/C21H17BrN4O3S/c1-12-18(20(29)26(24(12)2)15-6-4-3-5-7-15)25-19(28)17(30-21(25)23)11-13-10-14(22)8-9-16(13)27/h3-11,23,27H,1-2H3/b17-11-,23-21?. The molecular formula is C21H17BrN4O3S. The Hall–Kier alpha value is -3.04. The molecule has 0 unspecified atom stereocenters. The Morgan fingerprint density at radius 2 is 1.83 bits per heavy atom. The fourth-order valence-electron chi connectivity index (χ4n) is 3.28. The Bertz CT molecular complexity index is 1280. The third-order valence-corrected chi connectivity index (χ3v) is 6.23. The monoisotopic (exact) mass is 484 g/mol. The van der Waals surface area contributed by atoms with Crippen molar-refractivity contribution in [1.82, 2.24) is 9.36 Å². The van der Waals surface area contributed by atoms with Gasteiger partial charge in [0.15, 0.2) is 5.17 Å². The van der Waals surface area contributed by atoms with Gasteiger partial charge < -0.3 is 5.11 Å². The molecule has 0 radical (unpaired) electrons. The second-order valence-electron chi connectivity index (χ2n) is 6.67. The molecule has 2 N–H and O–H groups in total. The first-order valence-electron chi connectivity index (χ1n) is 8.94. The Labute approximate surface area is 184 Å².